The van der Waals surface area contributed by atoms with Crippen molar-refractivity contribution in [3.8, 4) is 6.07 Å². The van der Waals surface area contributed by atoms with Crippen LogP contribution in [0.1, 0.15) is 24.9 Å². The topological polar surface area (TPSA) is 32.6 Å². The maximum atomic E-state index is 8.97. The number of rotatable bonds is 5. The Morgan fingerprint density at radius 2 is 2.11 bits per heavy atom. The standard InChI is InChI=1S/C15H18N3/c1-2-17-10-11-18(13-17)15(8-9-16)12-14-6-4-3-5-7-14/h3-7,10-11,13,15H,2,8,12H2,1H3/q+1. The average Bonchev–Trinajstić information content (AvgIpc) is 2.88. The molecule has 0 aliphatic rings. The van der Waals surface area contributed by atoms with Gasteiger partial charge in [-0.15, -0.1) is 0 Å². The number of benzene rings is 1. The van der Waals surface area contributed by atoms with Gasteiger partial charge in [0, 0.05) is 6.42 Å². The van der Waals surface area contributed by atoms with Crippen molar-refractivity contribution in [1.29, 1.82) is 5.26 Å². The predicted molar refractivity (Wildman–Crippen MR) is 69.7 cm³/mol. The number of hydrogen-bond acceptors (Lipinski definition) is 1. The van der Waals surface area contributed by atoms with E-state index in [1.54, 1.807) is 0 Å². The molecule has 1 heterocycles. The van der Waals surface area contributed by atoms with Gasteiger partial charge in [0.1, 0.15) is 18.4 Å². The Morgan fingerprint density at radius 1 is 1.33 bits per heavy atom. The van der Waals surface area contributed by atoms with Crippen LogP contribution in [-0.2, 0) is 13.0 Å². The molecule has 92 valence electrons. The van der Waals surface area contributed by atoms with Gasteiger partial charge in [0.25, 0.3) is 0 Å². The van der Waals surface area contributed by atoms with Crippen LogP contribution >= 0.6 is 0 Å². The Labute approximate surface area is 108 Å². The third-order valence-corrected chi connectivity index (χ3v) is 3.14. The Kier molecular flexibility index (Phi) is 4.14. The molecule has 1 aromatic heterocycles. The van der Waals surface area contributed by atoms with Crippen LogP contribution in [0.2, 0.25) is 0 Å². The quantitative estimate of drug-likeness (QED) is 0.739. The molecule has 0 saturated carbocycles. The molecule has 1 atom stereocenters. The molecule has 0 amide bonds. The molecule has 0 bridgehead atoms. The summed E-state index contributed by atoms with van der Waals surface area (Å²) in [5.41, 5.74) is 1.27. The summed E-state index contributed by atoms with van der Waals surface area (Å²) in [7, 11) is 0. The zero-order chi connectivity index (χ0) is 12.8. The predicted octanol–water partition coefficient (Wildman–Crippen LogP) is 2.49. The normalized spacial score (nSPS) is 12.0. The van der Waals surface area contributed by atoms with Crippen molar-refractivity contribution in [2.75, 3.05) is 0 Å². The molecular weight excluding hydrogens is 222 g/mol. The fraction of sp³-hybridized carbons (Fsp3) is 0.333. The molecule has 0 N–H and O–H groups in total. The van der Waals surface area contributed by atoms with Crippen molar-refractivity contribution in [2.45, 2.75) is 32.4 Å². The van der Waals surface area contributed by atoms with Crippen molar-refractivity contribution < 1.29 is 4.57 Å². The van der Waals surface area contributed by atoms with E-state index in [9.17, 15) is 0 Å². The van der Waals surface area contributed by atoms with Crippen LogP contribution in [0.25, 0.3) is 0 Å². The zero-order valence-electron chi connectivity index (χ0n) is 10.7. The van der Waals surface area contributed by atoms with E-state index in [4.69, 9.17) is 5.26 Å². The maximum Gasteiger partial charge on any atom is 0.244 e. The summed E-state index contributed by atoms with van der Waals surface area (Å²) < 4.78 is 4.26. The van der Waals surface area contributed by atoms with Gasteiger partial charge in [0.05, 0.1) is 19.0 Å². The fourth-order valence-electron chi connectivity index (χ4n) is 2.09. The summed E-state index contributed by atoms with van der Waals surface area (Å²) in [4.78, 5) is 0. The molecular formula is C15H18N3+. The highest BCUT2D eigenvalue weighted by atomic mass is 15.1. The minimum atomic E-state index is 0.213. The molecule has 3 nitrogen and oxygen atoms in total. The van der Waals surface area contributed by atoms with E-state index in [0.717, 1.165) is 13.0 Å². The minimum Gasteiger partial charge on any atom is -0.237 e. The van der Waals surface area contributed by atoms with Crippen molar-refractivity contribution >= 4 is 0 Å². The molecule has 0 fully saturated rings. The molecule has 18 heavy (non-hydrogen) atoms. The first-order valence-electron chi connectivity index (χ1n) is 6.31. The number of hydrogen-bond donors (Lipinski definition) is 0. The highest BCUT2D eigenvalue weighted by molar-refractivity contribution is 5.16. The maximum absolute atomic E-state index is 8.97. The van der Waals surface area contributed by atoms with Crippen LogP contribution < -0.4 is 4.57 Å². The van der Waals surface area contributed by atoms with E-state index in [2.05, 4.69) is 53.0 Å². The Hall–Kier alpha value is -2.08. The molecule has 2 aromatic rings. The van der Waals surface area contributed by atoms with Crippen molar-refractivity contribution in [3.63, 3.8) is 0 Å². The number of imidazole rings is 1. The van der Waals surface area contributed by atoms with Crippen molar-refractivity contribution in [2.24, 2.45) is 0 Å². The van der Waals surface area contributed by atoms with Gasteiger partial charge >= 0.3 is 0 Å². The van der Waals surface area contributed by atoms with Gasteiger partial charge in [-0.25, -0.2) is 9.13 Å². The summed E-state index contributed by atoms with van der Waals surface area (Å²) in [5.74, 6) is 0. The van der Waals surface area contributed by atoms with Crippen molar-refractivity contribution in [3.05, 3.63) is 54.6 Å². The van der Waals surface area contributed by atoms with Crippen LogP contribution in [0, 0.1) is 11.3 Å². The van der Waals surface area contributed by atoms with E-state index >= 15 is 0 Å². The Morgan fingerprint density at radius 3 is 2.72 bits per heavy atom. The van der Waals surface area contributed by atoms with Crippen LogP contribution in [0.4, 0.5) is 0 Å². The largest absolute Gasteiger partial charge is 0.244 e. The van der Waals surface area contributed by atoms with Gasteiger partial charge in [0.15, 0.2) is 0 Å². The molecule has 1 unspecified atom stereocenters. The lowest BCUT2D eigenvalue weighted by Crippen LogP contribution is -2.29. The third-order valence-electron chi connectivity index (χ3n) is 3.14. The monoisotopic (exact) mass is 240 g/mol. The summed E-state index contributed by atoms with van der Waals surface area (Å²) in [6.45, 7) is 3.07. The van der Waals surface area contributed by atoms with Gasteiger partial charge in [-0.1, -0.05) is 30.3 Å². The van der Waals surface area contributed by atoms with Gasteiger partial charge in [-0.2, -0.15) is 5.26 Å². The summed E-state index contributed by atoms with van der Waals surface area (Å²) in [6.07, 6.45) is 7.61. The van der Waals surface area contributed by atoms with Gasteiger partial charge in [-0.3, -0.25) is 0 Å². The molecule has 0 spiro atoms. The van der Waals surface area contributed by atoms with Crippen molar-refractivity contribution in [1.82, 2.24) is 4.57 Å². The van der Waals surface area contributed by atoms with Crippen LogP contribution in [-0.4, -0.2) is 4.57 Å². The Bertz CT molecular complexity index is 522. The van der Waals surface area contributed by atoms with Crippen LogP contribution in [0.15, 0.2) is 49.1 Å². The van der Waals surface area contributed by atoms with Gasteiger partial charge < -0.3 is 0 Å². The zero-order valence-corrected chi connectivity index (χ0v) is 10.7. The van der Waals surface area contributed by atoms with E-state index in [1.165, 1.54) is 5.56 Å². The molecule has 2 rings (SSSR count). The summed E-state index contributed by atoms with van der Waals surface area (Å²) in [6, 6.07) is 12.8. The van der Waals surface area contributed by atoms with Gasteiger partial charge in [0.2, 0.25) is 6.33 Å². The molecule has 0 aliphatic heterocycles. The molecule has 3 heteroatoms. The first kappa shape index (κ1) is 12.4. The van der Waals surface area contributed by atoms with E-state index in [0.29, 0.717) is 6.42 Å². The lowest BCUT2D eigenvalue weighted by Gasteiger charge is -2.10. The number of nitriles is 1. The minimum absolute atomic E-state index is 0.213. The number of aryl methyl sites for hydroxylation is 1. The lowest BCUT2D eigenvalue weighted by atomic mass is 10.0. The second-order valence-electron chi connectivity index (χ2n) is 4.40. The summed E-state index contributed by atoms with van der Waals surface area (Å²) >= 11 is 0. The second kappa shape index (κ2) is 6.02. The third kappa shape index (κ3) is 2.98. The van der Waals surface area contributed by atoms with E-state index in [1.807, 2.05) is 18.2 Å². The highest BCUT2D eigenvalue weighted by Crippen LogP contribution is 2.16. The molecule has 0 aliphatic carbocycles. The fourth-order valence-corrected chi connectivity index (χ4v) is 2.09. The lowest BCUT2D eigenvalue weighted by molar-refractivity contribution is -0.693. The molecule has 1 aromatic carbocycles. The highest BCUT2D eigenvalue weighted by Gasteiger charge is 2.17. The van der Waals surface area contributed by atoms with Crippen LogP contribution in [0.3, 0.4) is 0 Å². The smallest absolute Gasteiger partial charge is 0.237 e. The molecule has 0 saturated heterocycles. The average molecular weight is 240 g/mol. The van der Waals surface area contributed by atoms with E-state index < -0.39 is 0 Å². The number of aromatic nitrogens is 2. The SMILES string of the molecule is CC[n+]1ccn(C(CC#N)Cc2ccccc2)c1. The number of nitrogens with zero attached hydrogens (tertiary/aromatic N) is 3. The summed E-state index contributed by atoms with van der Waals surface area (Å²) in [5, 5.41) is 8.97. The van der Waals surface area contributed by atoms with Crippen LogP contribution in [0.5, 0.6) is 0 Å². The second-order valence-corrected chi connectivity index (χ2v) is 4.40. The Balaban J connectivity index is 2.16. The van der Waals surface area contributed by atoms with E-state index in [-0.39, 0.29) is 6.04 Å². The first-order valence-corrected chi connectivity index (χ1v) is 6.31. The molecule has 0 radical (unpaired) electrons. The first-order chi connectivity index (χ1) is 8.83. The van der Waals surface area contributed by atoms with Gasteiger partial charge in [-0.05, 0) is 12.5 Å².